The van der Waals surface area contributed by atoms with Crippen molar-refractivity contribution in [3.63, 3.8) is 0 Å². The second kappa shape index (κ2) is 11.3. The van der Waals surface area contributed by atoms with E-state index in [1.807, 2.05) is 0 Å². The lowest BCUT2D eigenvalue weighted by molar-refractivity contribution is -0.133. The Labute approximate surface area is 195 Å². The van der Waals surface area contributed by atoms with E-state index in [1.54, 1.807) is 0 Å². The van der Waals surface area contributed by atoms with E-state index in [-0.39, 0.29) is 30.1 Å². The first-order chi connectivity index (χ1) is 15.8. The van der Waals surface area contributed by atoms with Gasteiger partial charge in [0.05, 0.1) is 17.1 Å². The van der Waals surface area contributed by atoms with Crippen molar-refractivity contribution in [1.29, 1.82) is 0 Å². The van der Waals surface area contributed by atoms with Gasteiger partial charge in [-0.05, 0) is 37.6 Å². The molecule has 12 heteroatoms. The molecular formula is C22H24F3N3O5S. The highest BCUT2D eigenvalue weighted by molar-refractivity contribution is 7.89. The van der Waals surface area contributed by atoms with Gasteiger partial charge in [-0.2, -0.15) is 0 Å². The van der Waals surface area contributed by atoms with Crippen LogP contribution in [0.5, 0.6) is 0 Å². The Bertz CT molecular complexity index is 1190. The second-order valence-electron chi connectivity index (χ2n) is 7.53. The molecule has 184 valence electrons. The lowest BCUT2D eigenvalue weighted by Gasteiger charge is -2.19. The average molecular weight is 500 g/mol. The third kappa shape index (κ3) is 6.64. The van der Waals surface area contributed by atoms with Gasteiger partial charge in [-0.1, -0.05) is 12.1 Å². The standard InChI is InChI=1S/C22H24F3N3O5S/c1-14(29)15-6-8-16(9-7-15)34(32,33)28(3)12-4-5-20(31)27(2)13-19(30)26-18-11-10-17(23)21(24)22(18)25/h6-11H,4-5,12-13H2,1-3H3,(H,26,30). The molecule has 0 saturated heterocycles. The van der Waals surface area contributed by atoms with E-state index >= 15 is 0 Å². The molecule has 2 rings (SSSR count). The second-order valence-corrected chi connectivity index (χ2v) is 9.58. The van der Waals surface area contributed by atoms with Crippen LogP contribution >= 0.6 is 0 Å². The number of Topliss-reactive ketones (excluding diaryl/α,β-unsaturated/α-hetero) is 1. The molecule has 0 aliphatic rings. The smallest absolute Gasteiger partial charge is 0.244 e. The van der Waals surface area contributed by atoms with Gasteiger partial charge in [0.2, 0.25) is 21.8 Å². The normalized spacial score (nSPS) is 11.4. The third-order valence-electron chi connectivity index (χ3n) is 4.95. The van der Waals surface area contributed by atoms with E-state index in [0.717, 1.165) is 15.3 Å². The summed E-state index contributed by atoms with van der Waals surface area (Å²) < 4.78 is 66.2. The maximum absolute atomic E-state index is 13.7. The van der Waals surface area contributed by atoms with Crippen LogP contribution in [0.1, 0.15) is 30.1 Å². The molecule has 0 radical (unpaired) electrons. The number of benzene rings is 2. The number of likely N-dealkylation sites (N-methyl/N-ethyl adjacent to an activating group) is 1. The zero-order valence-corrected chi connectivity index (χ0v) is 19.6. The van der Waals surface area contributed by atoms with E-state index in [2.05, 4.69) is 5.32 Å². The number of hydrogen-bond donors (Lipinski definition) is 1. The van der Waals surface area contributed by atoms with Gasteiger partial charge in [0.15, 0.2) is 23.2 Å². The molecule has 0 aromatic heterocycles. The molecule has 8 nitrogen and oxygen atoms in total. The fourth-order valence-electron chi connectivity index (χ4n) is 2.92. The lowest BCUT2D eigenvalue weighted by atomic mass is 10.2. The summed E-state index contributed by atoms with van der Waals surface area (Å²) in [5.74, 6) is -6.17. The molecule has 0 atom stereocenters. The zero-order chi connectivity index (χ0) is 25.6. The number of ketones is 1. The number of carbonyl (C=O) groups excluding carboxylic acids is 3. The van der Waals surface area contributed by atoms with Gasteiger partial charge < -0.3 is 10.2 Å². The Morgan fingerprint density at radius 2 is 1.56 bits per heavy atom. The Kier molecular flexibility index (Phi) is 8.93. The van der Waals surface area contributed by atoms with E-state index in [0.29, 0.717) is 11.6 Å². The number of rotatable bonds is 10. The van der Waals surface area contributed by atoms with Gasteiger partial charge in [-0.15, -0.1) is 0 Å². The number of nitrogens with zero attached hydrogens (tertiary/aromatic N) is 2. The summed E-state index contributed by atoms with van der Waals surface area (Å²) in [6.45, 7) is 0.907. The monoisotopic (exact) mass is 499 g/mol. The first kappa shape index (κ1) is 27.0. The number of anilines is 1. The Morgan fingerprint density at radius 3 is 2.15 bits per heavy atom. The molecule has 0 bridgehead atoms. The van der Waals surface area contributed by atoms with Crippen molar-refractivity contribution in [1.82, 2.24) is 9.21 Å². The van der Waals surface area contributed by atoms with Crippen molar-refractivity contribution in [2.24, 2.45) is 0 Å². The third-order valence-corrected chi connectivity index (χ3v) is 6.82. The summed E-state index contributed by atoms with van der Waals surface area (Å²) >= 11 is 0. The summed E-state index contributed by atoms with van der Waals surface area (Å²) in [6, 6.07) is 7.01. The van der Waals surface area contributed by atoms with Gasteiger partial charge >= 0.3 is 0 Å². The largest absolute Gasteiger partial charge is 0.336 e. The first-order valence-electron chi connectivity index (χ1n) is 10.1. The first-order valence-corrected chi connectivity index (χ1v) is 11.5. The highest BCUT2D eigenvalue weighted by atomic mass is 32.2. The molecule has 0 spiro atoms. The van der Waals surface area contributed by atoms with Crippen LogP contribution in [-0.4, -0.2) is 62.4 Å². The van der Waals surface area contributed by atoms with Gasteiger partial charge in [-0.25, -0.2) is 25.9 Å². The van der Waals surface area contributed by atoms with Crippen LogP contribution in [0.15, 0.2) is 41.3 Å². The van der Waals surface area contributed by atoms with Crippen molar-refractivity contribution < 1.29 is 36.0 Å². The van der Waals surface area contributed by atoms with Crippen molar-refractivity contribution >= 4 is 33.3 Å². The summed E-state index contributed by atoms with van der Waals surface area (Å²) in [7, 11) is -1.15. The van der Waals surface area contributed by atoms with Crippen LogP contribution in [0.25, 0.3) is 0 Å². The van der Waals surface area contributed by atoms with Crippen LogP contribution in [0, 0.1) is 17.5 Å². The summed E-state index contributed by atoms with van der Waals surface area (Å²) in [6.07, 6.45) is 0.0797. The number of nitrogens with one attached hydrogen (secondary N) is 1. The molecular weight excluding hydrogens is 475 g/mol. The van der Waals surface area contributed by atoms with Crippen molar-refractivity contribution in [2.75, 3.05) is 32.5 Å². The molecule has 0 aliphatic carbocycles. The summed E-state index contributed by atoms with van der Waals surface area (Å²) in [4.78, 5) is 36.7. The fraction of sp³-hybridized carbons (Fsp3) is 0.318. The summed E-state index contributed by atoms with van der Waals surface area (Å²) in [5, 5.41) is 2.06. The predicted molar refractivity (Wildman–Crippen MR) is 118 cm³/mol. The SMILES string of the molecule is CC(=O)c1ccc(S(=O)(=O)N(C)CCCC(=O)N(C)CC(=O)Nc2ccc(F)c(F)c2F)cc1. The quantitative estimate of drug-likeness (QED) is 0.400. The molecule has 0 aliphatic heterocycles. The molecule has 1 N–H and O–H groups in total. The van der Waals surface area contributed by atoms with E-state index in [4.69, 9.17) is 0 Å². The minimum absolute atomic E-state index is 0.00424. The molecule has 0 fully saturated rings. The van der Waals surface area contributed by atoms with Crippen LogP contribution < -0.4 is 5.32 Å². The van der Waals surface area contributed by atoms with Crippen LogP contribution in [0.2, 0.25) is 0 Å². The number of sulfonamides is 1. The minimum atomic E-state index is -3.82. The van der Waals surface area contributed by atoms with Crippen molar-refractivity contribution in [3.8, 4) is 0 Å². The van der Waals surface area contributed by atoms with E-state index in [1.165, 1.54) is 45.3 Å². The minimum Gasteiger partial charge on any atom is -0.336 e. The number of hydrogen-bond acceptors (Lipinski definition) is 5. The van der Waals surface area contributed by atoms with Gasteiger partial charge in [-0.3, -0.25) is 14.4 Å². The van der Waals surface area contributed by atoms with Gasteiger partial charge in [0.25, 0.3) is 0 Å². The van der Waals surface area contributed by atoms with Gasteiger partial charge in [0, 0.05) is 32.6 Å². The zero-order valence-electron chi connectivity index (χ0n) is 18.8. The maximum atomic E-state index is 13.7. The topological polar surface area (TPSA) is 104 Å². The van der Waals surface area contributed by atoms with E-state index in [9.17, 15) is 36.0 Å². The maximum Gasteiger partial charge on any atom is 0.244 e. The number of carbonyl (C=O) groups is 3. The average Bonchev–Trinajstić information content (AvgIpc) is 2.79. The molecule has 2 aromatic rings. The predicted octanol–water partition coefficient (Wildman–Crippen LogP) is 2.80. The van der Waals surface area contributed by atoms with E-state index < -0.39 is 51.5 Å². The molecule has 0 saturated carbocycles. The fourth-order valence-corrected chi connectivity index (χ4v) is 4.13. The lowest BCUT2D eigenvalue weighted by Crippen LogP contribution is -2.35. The number of halogens is 3. The van der Waals surface area contributed by atoms with Crippen LogP contribution in [0.3, 0.4) is 0 Å². The molecule has 34 heavy (non-hydrogen) atoms. The molecule has 2 amide bonds. The molecule has 0 heterocycles. The van der Waals surface area contributed by atoms with Gasteiger partial charge in [0.1, 0.15) is 0 Å². The Morgan fingerprint density at radius 1 is 0.941 bits per heavy atom. The highest BCUT2D eigenvalue weighted by Crippen LogP contribution is 2.20. The van der Waals surface area contributed by atoms with Crippen molar-refractivity contribution in [2.45, 2.75) is 24.7 Å². The molecule has 0 unspecified atom stereocenters. The van der Waals surface area contributed by atoms with Crippen LogP contribution in [0.4, 0.5) is 18.9 Å². The Balaban J connectivity index is 1.86. The Hall–Kier alpha value is -3.25. The summed E-state index contributed by atoms with van der Waals surface area (Å²) in [5.41, 5.74) is -0.181. The molecule has 2 aromatic carbocycles. The highest BCUT2D eigenvalue weighted by Gasteiger charge is 2.22. The number of amides is 2. The van der Waals surface area contributed by atoms with Crippen LogP contribution in [-0.2, 0) is 19.6 Å². The van der Waals surface area contributed by atoms with Crippen molar-refractivity contribution in [3.05, 3.63) is 59.4 Å².